The predicted molar refractivity (Wildman–Crippen MR) is 100 cm³/mol. The minimum Gasteiger partial charge on any atom is -0.496 e. The number of urea groups is 1. The molecule has 1 aromatic carbocycles. The number of nitrogens with zero attached hydrogens (tertiary/aromatic N) is 1. The summed E-state index contributed by atoms with van der Waals surface area (Å²) in [6.07, 6.45) is 0. The van der Waals surface area contributed by atoms with Gasteiger partial charge in [0.15, 0.2) is 0 Å². The Morgan fingerprint density at radius 1 is 1.24 bits per heavy atom. The number of esters is 1. The lowest BCUT2D eigenvalue weighted by atomic mass is 10.1. The molecule has 6 nitrogen and oxygen atoms in total. The van der Waals surface area contributed by atoms with E-state index in [1.165, 1.54) is 14.2 Å². The summed E-state index contributed by atoms with van der Waals surface area (Å²) in [6, 6.07) is 8.87. The number of benzene rings is 1. The van der Waals surface area contributed by atoms with Crippen LogP contribution in [-0.4, -0.2) is 38.2 Å². The summed E-state index contributed by atoms with van der Waals surface area (Å²) in [6.45, 7) is 0.823. The van der Waals surface area contributed by atoms with Crippen LogP contribution in [0.15, 0.2) is 34.1 Å². The second kappa shape index (κ2) is 8.87. The average Bonchev–Trinajstić information content (AvgIpc) is 3.03. The largest absolute Gasteiger partial charge is 0.496 e. The fraction of sp³-hybridized carbons (Fsp3) is 0.294. The quantitative estimate of drug-likeness (QED) is 0.715. The zero-order valence-corrected chi connectivity index (χ0v) is 16.6. The lowest BCUT2D eigenvalue weighted by Gasteiger charge is -2.17. The number of carbonyl (C=O) groups excluding carboxylic acids is 2. The zero-order valence-electron chi connectivity index (χ0n) is 14.2. The van der Waals surface area contributed by atoms with Crippen molar-refractivity contribution in [3.63, 3.8) is 0 Å². The van der Waals surface area contributed by atoms with Gasteiger partial charge >= 0.3 is 12.0 Å². The molecule has 0 aliphatic heterocycles. The number of nitrogens with one attached hydrogen (secondary N) is 1. The summed E-state index contributed by atoms with van der Waals surface area (Å²) >= 11 is 5.00. The topological polar surface area (TPSA) is 67.9 Å². The molecule has 2 rings (SSSR count). The van der Waals surface area contributed by atoms with Crippen molar-refractivity contribution in [2.75, 3.05) is 21.3 Å². The Kier molecular flexibility index (Phi) is 6.83. The molecule has 2 amide bonds. The molecule has 25 heavy (non-hydrogen) atoms. The van der Waals surface area contributed by atoms with Gasteiger partial charge in [-0.1, -0.05) is 6.07 Å². The first-order valence-electron chi connectivity index (χ1n) is 7.43. The number of ether oxygens (including phenoxy) is 2. The van der Waals surface area contributed by atoms with E-state index < -0.39 is 5.97 Å². The van der Waals surface area contributed by atoms with Crippen LogP contribution in [0.4, 0.5) is 4.79 Å². The van der Waals surface area contributed by atoms with Gasteiger partial charge in [-0.15, -0.1) is 11.3 Å². The lowest BCUT2D eigenvalue weighted by Crippen LogP contribution is -2.36. The Hall–Kier alpha value is -2.06. The molecule has 0 unspecified atom stereocenters. The number of amides is 2. The SMILES string of the molecule is COC(=O)c1cc(CNC(=O)N(C)Cc2ccc(Br)s2)ccc1OC. The van der Waals surface area contributed by atoms with Crippen LogP contribution in [0.25, 0.3) is 0 Å². The first-order chi connectivity index (χ1) is 11.9. The van der Waals surface area contributed by atoms with E-state index in [4.69, 9.17) is 9.47 Å². The molecule has 0 fully saturated rings. The van der Waals surface area contributed by atoms with Crippen molar-refractivity contribution in [3.05, 3.63) is 50.1 Å². The van der Waals surface area contributed by atoms with Crippen LogP contribution in [0.5, 0.6) is 5.75 Å². The third kappa shape index (κ3) is 5.20. The van der Waals surface area contributed by atoms with Gasteiger partial charge in [-0.25, -0.2) is 9.59 Å². The average molecular weight is 427 g/mol. The number of carbonyl (C=O) groups is 2. The van der Waals surface area contributed by atoms with Gasteiger partial charge in [0.1, 0.15) is 11.3 Å². The third-order valence-electron chi connectivity index (χ3n) is 3.48. The van der Waals surface area contributed by atoms with Crippen molar-refractivity contribution in [2.24, 2.45) is 0 Å². The highest BCUT2D eigenvalue weighted by atomic mass is 79.9. The summed E-state index contributed by atoms with van der Waals surface area (Å²) in [4.78, 5) is 26.7. The van der Waals surface area contributed by atoms with Crippen molar-refractivity contribution in [3.8, 4) is 5.75 Å². The minimum atomic E-state index is -0.481. The molecule has 0 saturated carbocycles. The lowest BCUT2D eigenvalue weighted by molar-refractivity contribution is 0.0597. The zero-order chi connectivity index (χ0) is 18.4. The Bertz CT molecular complexity index is 763. The van der Waals surface area contributed by atoms with Gasteiger partial charge in [0.05, 0.1) is 24.6 Å². The Balaban J connectivity index is 1.97. The molecule has 0 saturated heterocycles. The number of methoxy groups -OCH3 is 2. The summed E-state index contributed by atoms with van der Waals surface area (Å²) in [7, 11) is 4.53. The monoisotopic (exact) mass is 426 g/mol. The van der Waals surface area contributed by atoms with Gasteiger partial charge in [-0.2, -0.15) is 0 Å². The Morgan fingerprint density at radius 3 is 2.60 bits per heavy atom. The van der Waals surface area contributed by atoms with Crippen LogP contribution in [0.3, 0.4) is 0 Å². The van der Waals surface area contributed by atoms with E-state index in [2.05, 4.69) is 21.2 Å². The highest BCUT2D eigenvalue weighted by Crippen LogP contribution is 2.23. The maximum Gasteiger partial charge on any atom is 0.341 e. The van der Waals surface area contributed by atoms with Crippen LogP contribution >= 0.6 is 27.3 Å². The fourth-order valence-corrected chi connectivity index (χ4v) is 3.73. The molecule has 0 aliphatic rings. The maximum atomic E-state index is 12.2. The first kappa shape index (κ1) is 19.3. The van der Waals surface area contributed by atoms with Crippen LogP contribution in [0.2, 0.25) is 0 Å². The summed E-state index contributed by atoms with van der Waals surface area (Å²) in [5, 5.41) is 2.83. The molecule has 2 aromatic rings. The molecule has 134 valence electrons. The first-order valence-corrected chi connectivity index (χ1v) is 9.04. The van der Waals surface area contributed by atoms with E-state index in [1.54, 1.807) is 41.5 Å². The van der Waals surface area contributed by atoms with Crippen LogP contribution in [0.1, 0.15) is 20.8 Å². The normalized spacial score (nSPS) is 10.2. The number of rotatable bonds is 6. The molecule has 0 bridgehead atoms. The van der Waals surface area contributed by atoms with E-state index in [0.29, 0.717) is 24.4 Å². The molecule has 1 N–H and O–H groups in total. The van der Waals surface area contributed by atoms with Crippen molar-refractivity contribution in [2.45, 2.75) is 13.1 Å². The molecule has 0 aliphatic carbocycles. The molecule has 8 heteroatoms. The highest BCUT2D eigenvalue weighted by Gasteiger charge is 2.15. The van der Waals surface area contributed by atoms with Gasteiger partial charge in [-0.05, 0) is 45.8 Å². The molecule has 1 aromatic heterocycles. The van der Waals surface area contributed by atoms with E-state index in [0.717, 1.165) is 14.2 Å². The number of halogens is 1. The van der Waals surface area contributed by atoms with Gasteiger partial charge in [0.25, 0.3) is 0 Å². The van der Waals surface area contributed by atoms with E-state index in [1.807, 2.05) is 12.1 Å². The standard InChI is InChI=1S/C17H19BrN2O4S/c1-20(10-12-5-7-15(18)25-12)17(22)19-9-11-4-6-14(23-2)13(8-11)16(21)24-3/h4-8H,9-10H2,1-3H3,(H,19,22). The van der Waals surface area contributed by atoms with E-state index in [9.17, 15) is 9.59 Å². The number of hydrogen-bond acceptors (Lipinski definition) is 5. The van der Waals surface area contributed by atoms with Crippen LogP contribution in [-0.2, 0) is 17.8 Å². The van der Waals surface area contributed by atoms with E-state index >= 15 is 0 Å². The van der Waals surface area contributed by atoms with Crippen molar-refractivity contribution < 1.29 is 19.1 Å². The molecular formula is C17H19BrN2O4S. The van der Waals surface area contributed by atoms with E-state index in [-0.39, 0.29) is 6.03 Å². The van der Waals surface area contributed by atoms with Gasteiger partial charge in [0.2, 0.25) is 0 Å². The minimum absolute atomic E-state index is 0.194. The Labute approximate surface area is 158 Å². The second-order valence-electron chi connectivity index (χ2n) is 5.25. The molecule has 0 atom stereocenters. The number of thiophene rings is 1. The smallest absolute Gasteiger partial charge is 0.341 e. The Morgan fingerprint density at radius 2 is 2.00 bits per heavy atom. The summed E-state index contributed by atoms with van der Waals surface area (Å²) in [5.74, 6) is -0.0484. The third-order valence-corrected chi connectivity index (χ3v) is 5.09. The van der Waals surface area contributed by atoms with Crippen molar-refractivity contribution in [1.29, 1.82) is 0 Å². The second-order valence-corrected chi connectivity index (χ2v) is 7.79. The van der Waals surface area contributed by atoms with Gasteiger partial charge < -0.3 is 19.7 Å². The summed E-state index contributed by atoms with van der Waals surface area (Å²) in [5.41, 5.74) is 1.11. The maximum absolute atomic E-state index is 12.2. The molecule has 0 spiro atoms. The fourth-order valence-electron chi connectivity index (χ4n) is 2.19. The number of hydrogen-bond donors (Lipinski definition) is 1. The molecule has 0 radical (unpaired) electrons. The van der Waals surface area contributed by atoms with Gasteiger partial charge in [0, 0.05) is 18.5 Å². The van der Waals surface area contributed by atoms with Crippen molar-refractivity contribution in [1.82, 2.24) is 10.2 Å². The van der Waals surface area contributed by atoms with Gasteiger partial charge in [-0.3, -0.25) is 0 Å². The van der Waals surface area contributed by atoms with Crippen LogP contribution in [0, 0.1) is 0 Å². The predicted octanol–water partition coefficient (Wildman–Crippen LogP) is 3.65. The molecule has 1 heterocycles. The van der Waals surface area contributed by atoms with Crippen molar-refractivity contribution >= 4 is 39.3 Å². The summed E-state index contributed by atoms with van der Waals surface area (Å²) < 4.78 is 10.9. The highest BCUT2D eigenvalue weighted by molar-refractivity contribution is 9.11. The molecular weight excluding hydrogens is 408 g/mol. The van der Waals surface area contributed by atoms with Crippen LogP contribution < -0.4 is 10.1 Å².